The van der Waals surface area contributed by atoms with Crippen LogP contribution in [0.2, 0.25) is 0 Å². The smallest absolute Gasteiger partial charge is 0.187 e. The van der Waals surface area contributed by atoms with Crippen molar-refractivity contribution in [3.8, 4) is 0 Å². The van der Waals surface area contributed by atoms with Gasteiger partial charge < -0.3 is 10.4 Å². The Morgan fingerprint density at radius 3 is 2.83 bits per heavy atom. The lowest BCUT2D eigenvalue weighted by molar-refractivity contribution is 0.131. The van der Waals surface area contributed by atoms with E-state index < -0.39 is 0 Å². The Kier molecular flexibility index (Phi) is 4.59. The molecule has 0 amide bonds. The highest BCUT2D eigenvalue weighted by molar-refractivity contribution is 7.99. The van der Waals surface area contributed by atoms with Gasteiger partial charge in [-0.2, -0.15) is 0 Å². The normalized spacial score (nSPS) is 28.3. The molecule has 0 saturated heterocycles. The van der Waals surface area contributed by atoms with E-state index >= 15 is 0 Å². The van der Waals surface area contributed by atoms with Gasteiger partial charge in [0.05, 0.1) is 6.61 Å². The average molecular weight is 267 g/mol. The van der Waals surface area contributed by atoms with Crippen LogP contribution in [0.5, 0.6) is 0 Å². The third-order valence-electron chi connectivity index (χ3n) is 3.66. The molecule has 4 nitrogen and oxygen atoms in total. The lowest BCUT2D eigenvalue weighted by atomic mass is 9.82. The number of aromatic nitrogens is 2. The Balaban J connectivity index is 1.99. The van der Waals surface area contributed by atoms with Crippen molar-refractivity contribution in [2.24, 2.45) is 0 Å². The second-order valence-corrected chi connectivity index (χ2v) is 6.34. The van der Waals surface area contributed by atoms with Crippen LogP contribution in [0.3, 0.4) is 0 Å². The molecule has 1 saturated carbocycles. The number of aliphatic hydroxyl groups excluding tert-OH is 1. The molecular weight excluding hydrogens is 246 g/mol. The zero-order valence-electron chi connectivity index (χ0n) is 11.0. The van der Waals surface area contributed by atoms with Crippen LogP contribution in [-0.4, -0.2) is 39.5 Å². The summed E-state index contributed by atoms with van der Waals surface area (Å²) < 4.78 is 0. The first-order valence-corrected chi connectivity index (χ1v) is 7.30. The van der Waals surface area contributed by atoms with Crippen molar-refractivity contribution >= 4 is 11.8 Å². The summed E-state index contributed by atoms with van der Waals surface area (Å²) in [7, 11) is 1.94. The minimum Gasteiger partial charge on any atom is -0.394 e. The molecule has 18 heavy (non-hydrogen) atoms. The van der Waals surface area contributed by atoms with Gasteiger partial charge in [-0.15, -0.1) is 0 Å². The zero-order chi connectivity index (χ0) is 13.0. The summed E-state index contributed by atoms with van der Waals surface area (Å²) in [6.07, 6.45) is 8.05. The summed E-state index contributed by atoms with van der Waals surface area (Å²) in [6, 6.07) is 0. The summed E-state index contributed by atoms with van der Waals surface area (Å²) >= 11 is 1.73. The summed E-state index contributed by atoms with van der Waals surface area (Å²) in [5.41, 5.74) is 0.976. The highest BCUT2D eigenvalue weighted by Crippen LogP contribution is 2.36. The van der Waals surface area contributed by atoms with Crippen molar-refractivity contribution < 1.29 is 5.11 Å². The first kappa shape index (κ1) is 13.8. The third kappa shape index (κ3) is 3.22. The summed E-state index contributed by atoms with van der Waals surface area (Å²) in [6.45, 7) is 2.20. The first-order chi connectivity index (χ1) is 8.67. The van der Waals surface area contributed by atoms with E-state index in [2.05, 4.69) is 15.3 Å². The molecule has 1 fully saturated rings. The molecule has 0 spiro atoms. The van der Waals surface area contributed by atoms with E-state index in [1.165, 1.54) is 6.42 Å². The van der Waals surface area contributed by atoms with Crippen LogP contribution in [0.15, 0.2) is 17.6 Å². The lowest BCUT2D eigenvalue weighted by Crippen LogP contribution is -2.50. The fourth-order valence-corrected chi connectivity index (χ4v) is 3.66. The van der Waals surface area contributed by atoms with Crippen molar-refractivity contribution in [1.29, 1.82) is 0 Å². The van der Waals surface area contributed by atoms with Crippen LogP contribution >= 0.6 is 11.8 Å². The summed E-state index contributed by atoms with van der Waals surface area (Å²) in [5, 5.41) is 14.2. The molecule has 0 aliphatic heterocycles. The van der Waals surface area contributed by atoms with Crippen molar-refractivity contribution in [1.82, 2.24) is 15.3 Å². The molecule has 0 bridgehead atoms. The van der Waals surface area contributed by atoms with Crippen LogP contribution in [-0.2, 0) is 0 Å². The molecule has 1 aromatic rings. The van der Waals surface area contributed by atoms with Gasteiger partial charge in [0, 0.05) is 23.2 Å². The number of nitrogens with zero attached hydrogens (tertiary/aromatic N) is 2. The van der Waals surface area contributed by atoms with Crippen molar-refractivity contribution in [2.75, 3.05) is 13.7 Å². The number of likely N-dealkylation sites (N-methyl/N-ethyl adjacent to an activating group) is 1. The van der Waals surface area contributed by atoms with Gasteiger partial charge in [0.1, 0.15) is 0 Å². The van der Waals surface area contributed by atoms with E-state index in [-0.39, 0.29) is 12.1 Å². The van der Waals surface area contributed by atoms with Crippen molar-refractivity contribution in [2.45, 2.75) is 48.6 Å². The maximum atomic E-state index is 9.56. The van der Waals surface area contributed by atoms with E-state index in [1.807, 2.05) is 26.4 Å². The average Bonchev–Trinajstić information content (AvgIpc) is 2.41. The third-order valence-corrected chi connectivity index (χ3v) is 4.82. The SMILES string of the molecule is CNC1(CO)CCCC(Sc2ncc(C)cn2)C1. The maximum Gasteiger partial charge on any atom is 0.187 e. The quantitative estimate of drug-likeness (QED) is 0.814. The number of hydrogen-bond acceptors (Lipinski definition) is 5. The Morgan fingerprint density at radius 1 is 1.50 bits per heavy atom. The van der Waals surface area contributed by atoms with Crippen LogP contribution in [0.4, 0.5) is 0 Å². The Hall–Kier alpha value is -0.650. The predicted molar refractivity (Wildman–Crippen MR) is 73.8 cm³/mol. The number of hydrogen-bond donors (Lipinski definition) is 2. The number of aliphatic hydroxyl groups is 1. The Labute approximate surface area is 113 Å². The van der Waals surface area contributed by atoms with E-state index in [1.54, 1.807) is 11.8 Å². The van der Waals surface area contributed by atoms with Gasteiger partial charge in [-0.1, -0.05) is 18.2 Å². The molecule has 2 atom stereocenters. The Morgan fingerprint density at radius 2 is 2.22 bits per heavy atom. The van der Waals surface area contributed by atoms with Gasteiger partial charge in [0.25, 0.3) is 0 Å². The second-order valence-electron chi connectivity index (χ2n) is 5.07. The maximum absolute atomic E-state index is 9.56. The fraction of sp³-hybridized carbons (Fsp3) is 0.692. The van der Waals surface area contributed by atoms with E-state index in [0.717, 1.165) is 30.0 Å². The first-order valence-electron chi connectivity index (χ1n) is 6.42. The number of nitrogens with one attached hydrogen (secondary N) is 1. The topological polar surface area (TPSA) is 58.0 Å². The molecule has 1 heterocycles. The van der Waals surface area contributed by atoms with Gasteiger partial charge in [0.15, 0.2) is 5.16 Å². The van der Waals surface area contributed by atoms with Crippen LogP contribution in [0, 0.1) is 6.92 Å². The molecule has 1 aliphatic carbocycles. The van der Waals surface area contributed by atoms with Crippen LogP contribution < -0.4 is 5.32 Å². The van der Waals surface area contributed by atoms with Crippen LogP contribution in [0.1, 0.15) is 31.2 Å². The van der Waals surface area contributed by atoms with Crippen LogP contribution in [0.25, 0.3) is 0 Å². The van der Waals surface area contributed by atoms with Gasteiger partial charge in [-0.3, -0.25) is 0 Å². The van der Waals surface area contributed by atoms with Crippen molar-refractivity contribution in [3.63, 3.8) is 0 Å². The molecule has 1 aromatic heterocycles. The standard InChI is InChI=1S/C13H21N3OS/c1-10-7-15-12(16-8-10)18-11-4-3-5-13(6-11,9-17)14-2/h7-8,11,14,17H,3-6,9H2,1-2H3. The van der Waals surface area contributed by atoms with Gasteiger partial charge in [0.2, 0.25) is 0 Å². The molecule has 1 aliphatic rings. The molecule has 100 valence electrons. The largest absolute Gasteiger partial charge is 0.394 e. The number of rotatable bonds is 4. The highest BCUT2D eigenvalue weighted by Gasteiger charge is 2.35. The minimum atomic E-state index is -0.111. The van der Waals surface area contributed by atoms with E-state index in [9.17, 15) is 5.11 Å². The molecule has 2 rings (SSSR count). The van der Waals surface area contributed by atoms with E-state index in [4.69, 9.17) is 0 Å². The van der Waals surface area contributed by atoms with Gasteiger partial charge in [-0.05, 0) is 38.8 Å². The summed E-state index contributed by atoms with van der Waals surface area (Å²) in [4.78, 5) is 8.68. The zero-order valence-corrected chi connectivity index (χ0v) is 11.8. The molecular formula is C13H21N3OS. The predicted octanol–water partition coefficient (Wildman–Crippen LogP) is 1.77. The van der Waals surface area contributed by atoms with Gasteiger partial charge >= 0.3 is 0 Å². The van der Waals surface area contributed by atoms with Crippen molar-refractivity contribution in [3.05, 3.63) is 18.0 Å². The van der Waals surface area contributed by atoms with E-state index in [0.29, 0.717) is 5.25 Å². The molecule has 0 radical (unpaired) electrons. The summed E-state index contributed by atoms with van der Waals surface area (Å²) in [5.74, 6) is 0. The Bertz CT molecular complexity index is 378. The monoisotopic (exact) mass is 267 g/mol. The molecule has 2 unspecified atom stereocenters. The number of thioether (sulfide) groups is 1. The molecule has 2 N–H and O–H groups in total. The lowest BCUT2D eigenvalue weighted by Gasteiger charge is -2.39. The molecule has 0 aromatic carbocycles. The fourth-order valence-electron chi connectivity index (χ4n) is 2.45. The minimum absolute atomic E-state index is 0.111. The second kappa shape index (κ2) is 5.99. The highest BCUT2D eigenvalue weighted by atomic mass is 32.2. The van der Waals surface area contributed by atoms with Gasteiger partial charge in [-0.25, -0.2) is 9.97 Å². The number of aryl methyl sites for hydroxylation is 1. The molecule has 5 heteroatoms.